The molecule has 0 aliphatic heterocycles. The summed E-state index contributed by atoms with van der Waals surface area (Å²) in [4.78, 5) is 10.9. The van der Waals surface area contributed by atoms with Crippen LogP contribution in [0.3, 0.4) is 0 Å². The van der Waals surface area contributed by atoms with E-state index in [1.807, 2.05) is 6.92 Å². The van der Waals surface area contributed by atoms with Crippen LogP contribution in [0.4, 0.5) is 0 Å². The second kappa shape index (κ2) is 3.82. The maximum atomic E-state index is 11.1. The minimum atomic E-state index is -3.68. The number of sulfonamides is 1. The molecule has 0 heterocycles. The lowest BCUT2D eigenvalue weighted by Gasteiger charge is -2.01. The number of nitrogens with two attached hydrogens (primary N) is 1. The van der Waals surface area contributed by atoms with Crippen molar-refractivity contribution in [2.45, 2.75) is 17.7 Å². The molecule has 3 unspecified atom stereocenters. The minimum absolute atomic E-state index is 0.0259. The zero-order valence-electron chi connectivity index (χ0n) is 9.20. The topological polar surface area (TPSA) is 97.5 Å². The van der Waals surface area contributed by atoms with E-state index in [4.69, 9.17) is 10.2 Å². The number of benzene rings is 1. The van der Waals surface area contributed by atoms with Crippen molar-refractivity contribution in [2.24, 2.45) is 17.0 Å². The quantitative estimate of drug-likeness (QED) is 0.833. The molecule has 92 valence electrons. The summed E-state index contributed by atoms with van der Waals surface area (Å²) in [7, 11) is -3.68. The number of hydrogen-bond acceptors (Lipinski definition) is 3. The van der Waals surface area contributed by atoms with Gasteiger partial charge in [-0.2, -0.15) is 0 Å². The van der Waals surface area contributed by atoms with Gasteiger partial charge < -0.3 is 5.11 Å². The molecule has 5 nitrogen and oxygen atoms in total. The molecule has 3 N–H and O–H groups in total. The molecule has 0 bridgehead atoms. The molecular formula is C11H13NO4S. The van der Waals surface area contributed by atoms with Crippen LogP contribution in [-0.2, 0) is 14.8 Å². The molecule has 2 rings (SSSR count). The standard InChI is InChI=1S/C11H13NO4S/c1-6-9(10(6)11(13)14)7-2-4-8(5-3-7)17(12,15)16/h2-6,9-10H,1H3,(H,13,14)(H2,12,15,16). The van der Waals surface area contributed by atoms with Crippen molar-refractivity contribution >= 4 is 16.0 Å². The van der Waals surface area contributed by atoms with E-state index in [0.29, 0.717) is 0 Å². The molecule has 1 aliphatic rings. The SMILES string of the molecule is CC1C(C(=O)O)C1c1ccc(S(N)(=O)=O)cc1. The zero-order valence-corrected chi connectivity index (χ0v) is 10.0. The van der Waals surface area contributed by atoms with Crippen molar-refractivity contribution in [1.82, 2.24) is 0 Å². The van der Waals surface area contributed by atoms with Gasteiger partial charge in [0.15, 0.2) is 0 Å². The first-order valence-corrected chi connectivity index (χ1v) is 6.72. The molecule has 1 aromatic carbocycles. The number of hydrogen-bond donors (Lipinski definition) is 2. The van der Waals surface area contributed by atoms with Crippen LogP contribution in [0.25, 0.3) is 0 Å². The van der Waals surface area contributed by atoms with Gasteiger partial charge in [0.25, 0.3) is 0 Å². The van der Waals surface area contributed by atoms with E-state index < -0.39 is 16.0 Å². The first-order valence-electron chi connectivity index (χ1n) is 5.18. The molecule has 0 spiro atoms. The Labute approximate surface area is 99.3 Å². The lowest BCUT2D eigenvalue weighted by atomic mass is 10.1. The van der Waals surface area contributed by atoms with E-state index >= 15 is 0 Å². The lowest BCUT2D eigenvalue weighted by Crippen LogP contribution is -2.11. The Kier molecular flexibility index (Phi) is 2.71. The van der Waals surface area contributed by atoms with E-state index in [9.17, 15) is 13.2 Å². The fourth-order valence-electron chi connectivity index (χ4n) is 2.23. The monoisotopic (exact) mass is 255 g/mol. The third-order valence-electron chi connectivity index (χ3n) is 3.26. The number of primary sulfonamides is 1. The molecule has 17 heavy (non-hydrogen) atoms. The summed E-state index contributed by atoms with van der Waals surface area (Å²) >= 11 is 0. The molecule has 6 heteroatoms. The largest absolute Gasteiger partial charge is 0.481 e. The number of carboxylic acid groups (broad SMARTS) is 1. The van der Waals surface area contributed by atoms with E-state index in [1.54, 1.807) is 12.1 Å². The molecular weight excluding hydrogens is 242 g/mol. The van der Waals surface area contributed by atoms with Gasteiger partial charge in [-0.1, -0.05) is 19.1 Å². The number of rotatable bonds is 3. The average Bonchev–Trinajstić information content (AvgIpc) is 2.89. The Hall–Kier alpha value is -1.40. The van der Waals surface area contributed by atoms with Gasteiger partial charge in [0.05, 0.1) is 10.8 Å². The van der Waals surface area contributed by atoms with Crippen LogP contribution in [-0.4, -0.2) is 19.5 Å². The van der Waals surface area contributed by atoms with Crippen LogP contribution in [0.2, 0.25) is 0 Å². The molecule has 1 fully saturated rings. The molecule has 0 amide bonds. The van der Waals surface area contributed by atoms with Gasteiger partial charge in [-0.05, 0) is 23.6 Å². The van der Waals surface area contributed by atoms with Crippen LogP contribution >= 0.6 is 0 Å². The zero-order chi connectivity index (χ0) is 12.8. The molecule has 0 saturated heterocycles. The number of carboxylic acids is 1. The highest BCUT2D eigenvalue weighted by Crippen LogP contribution is 2.53. The summed E-state index contributed by atoms with van der Waals surface area (Å²) in [6.45, 7) is 1.87. The van der Waals surface area contributed by atoms with Crippen LogP contribution < -0.4 is 5.14 Å². The normalized spacial score (nSPS) is 27.8. The number of aliphatic carboxylic acids is 1. The minimum Gasteiger partial charge on any atom is -0.481 e. The first-order chi connectivity index (χ1) is 7.82. The molecule has 3 atom stereocenters. The van der Waals surface area contributed by atoms with Crippen LogP contribution in [0.5, 0.6) is 0 Å². The third kappa shape index (κ3) is 2.18. The molecule has 1 aromatic rings. The van der Waals surface area contributed by atoms with E-state index in [1.165, 1.54) is 12.1 Å². The van der Waals surface area contributed by atoms with Crippen LogP contribution in [0.15, 0.2) is 29.2 Å². The fraction of sp³-hybridized carbons (Fsp3) is 0.364. The molecule has 1 saturated carbocycles. The van der Waals surface area contributed by atoms with Crippen LogP contribution in [0.1, 0.15) is 18.4 Å². The Bertz CT molecular complexity index is 549. The van der Waals surface area contributed by atoms with Gasteiger partial charge in [0.1, 0.15) is 0 Å². The van der Waals surface area contributed by atoms with Gasteiger partial charge in [-0.3, -0.25) is 4.79 Å². The van der Waals surface area contributed by atoms with Crippen molar-refractivity contribution < 1.29 is 18.3 Å². The maximum absolute atomic E-state index is 11.1. The highest BCUT2D eigenvalue weighted by molar-refractivity contribution is 7.89. The van der Waals surface area contributed by atoms with Crippen molar-refractivity contribution in [3.63, 3.8) is 0 Å². The Morgan fingerprint density at radius 2 is 1.82 bits per heavy atom. The Balaban J connectivity index is 2.24. The highest BCUT2D eigenvalue weighted by Gasteiger charge is 2.52. The van der Waals surface area contributed by atoms with Gasteiger partial charge in [0, 0.05) is 5.92 Å². The van der Waals surface area contributed by atoms with Gasteiger partial charge >= 0.3 is 5.97 Å². The number of carbonyl (C=O) groups is 1. The molecule has 0 radical (unpaired) electrons. The van der Waals surface area contributed by atoms with E-state index in [0.717, 1.165) is 5.56 Å². The Morgan fingerprint density at radius 1 is 1.29 bits per heavy atom. The predicted molar refractivity (Wildman–Crippen MR) is 60.8 cm³/mol. The maximum Gasteiger partial charge on any atom is 0.307 e. The summed E-state index contributed by atoms with van der Waals surface area (Å²) in [5.74, 6) is -1.11. The van der Waals surface area contributed by atoms with Crippen molar-refractivity contribution in [1.29, 1.82) is 0 Å². The Morgan fingerprint density at radius 3 is 2.18 bits per heavy atom. The fourth-order valence-corrected chi connectivity index (χ4v) is 2.75. The summed E-state index contributed by atoms with van der Waals surface area (Å²) in [5.41, 5.74) is 0.845. The summed E-state index contributed by atoms with van der Waals surface area (Å²) in [6.07, 6.45) is 0. The first kappa shape index (κ1) is 12.1. The molecule has 0 aromatic heterocycles. The van der Waals surface area contributed by atoms with Crippen molar-refractivity contribution in [3.05, 3.63) is 29.8 Å². The predicted octanol–water partition coefficient (Wildman–Crippen LogP) is 0.768. The van der Waals surface area contributed by atoms with Gasteiger partial charge in [-0.15, -0.1) is 0 Å². The van der Waals surface area contributed by atoms with E-state index in [2.05, 4.69) is 0 Å². The van der Waals surface area contributed by atoms with Crippen molar-refractivity contribution in [3.8, 4) is 0 Å². The average molecular weight is 255 g/mol. The smallest absolute Gasteiger partial charge is 0.307 e. The summed E-state index contributed by atoms with van der Waals surface area (Å²) in [6, 6.07) is 6.08. The summed E-state index contributed by atoms with van der Waals surface area (Å²) < 4.78 is 22.1. The second-order valence-corrected chi connectivity index (χ2v) is 5.92. The van der Waals surface area contributed by atoms with Crippen molar-refractivity contribution in [2.75, 3.05) is 0 Å². The van der Waals surface area contributed by atoms with Gasteiger partial charge in [0.2, 0.25) is 10.0 Å². The summed E-state index contributed by atoms with van der Waals surface area (Å²) in [5, 5.41) is 13.9. The van der Waals surface area contributed by atoms with E-state index in [-0.39, 0.29) is 22.6 Å². The molecule has 1 aliphatic carbocycles. The highest BCUT2D eigenvalue weighted by atomic mass is 32.2. The second-order valence-electron chi connectivity index (χ2n) is 4.36. The van der Waals surface area contributed by atoms with Crippen LogP contribution in [0, 0.1) is 11.8 Å². The van der Waals surface area contributed by atoms with Gasteiger partial charge in [-0.25, -0.2) is 13.6 Å². The lowest BCUT2D eigenvalue weighted by molar-refractivity contribution is -0.138. The third-order valence-corrected chi connectivity index (χ3v) is 4.19.